The average Bonchev–Trinajstić information content (AvgIpc) is 3.05. The van der Waals surface area contributed by atoms with E-state index in [1.54, 1.807) is 36.4 Å². The van der Waals surface area contributed by atoms with Crippen molar-refractivity contribution >= 4 is 51.5 Å². The van der Waals surface area contributed by atoms with Gasteiger partial charge in [0.15, 0.2) is 0 Å². The van der Waals surface area contributed by atoms with Crippen LogP contribution in [0.1, 0.15) is 12.0 Å². The Morgan fingerprint density at radius 3 is 2.66 bits per heavy atom. The first kappa shape index (κ1) is 21.3. The van der Waals surface area contributed by atoms with Crippen LogP contribution in [0.5, 0.6) is 0 Å². The van der Waals surface area contributed by atoms with Crippen LogP contribution in [0, 0.1) is 0 Å². The van der Waals surface area contributed by atoms with Crippen LogP contribution in [0.3, 0.4) is 0 Å². The summed E-state index contributed by atoms with van der Waals surface area (Å²) in [6, 6.07) is 17.4. The predicted octanol–water partition coefficient (Wildman–Crippen LogP) is 4.41. The van der Waals surface area contributed by atoms with Crippen molar-refractivity contribution < 1.29 is 18.8 Å². The zero-order valence-electron chi connectivity index (χ0n) is 16.8. The highest BCUT2D eigenvalue weighted by Crippen LogP contribution is 2.30. The topological polar surface area (TPSA) is 96.7 Å². The van der Waals surface area contributed by atoms with Gasteiger partial charge in [-0.2, -0.15) is 0 Å². The van der Waals surface area contributed by atoms with Gasteiger partial charge in [-0.05, 0) is 47.7 Å². The third-order valence-corrected chi connectivity index (χ3v) is 5.60. The second-order valence-corrected chi connectivity index (χ2v) is 7.92. The van der Waals surface area contributed by atoms with Crippen molar-refractivity contribution in [2.75, 3.05) is 11.9 Å². The quantitative estimate of drug-likeness (QED) is 0.445. The molecular formula is C24H18N2O5S. The summed E-state index contributed by atoms with van der Waals surface area (Å²) in [6.45, 7) is -0.0152. The molecule has 1 N–H and O–H groups in total. The number of benzene rings is 2. The number of nitrogens with zero attached hydrogens (tertiary/aromatic N) is 1. The summed E-state index contributed by atoms with van der Waals surface area (Å²) in [6.07, 6.45) is 5.13. The Balaban J connectivity index is 1.34. The summed E-state index contributed by atoms with van der Waals surface area (Å²) in [5, 5.41) is 2.99. The molecule has 32 heavy (non-hydrogen) atoms. The fourth-order valence-corrected chi connectivity index (χ4v) is 3.92. The summed E-state index contributed by atoms with van der Waals surface area (Å²) in [7, 11) is 0. The molecule has 0 bridgehead atoms. The van der Waals surface area contributed by atoms with Crippen molar-refractivity contribution in [3.8, 4) is 0 Å². The first-order chi connectivity index (χ1) is 15.5. The molecule has 7 nitrogen and oxygen atoms in total. The van der Waals surface area contributed by atoms with Gasteiger partial charge in [-0.3, -0.25) is 19.3 Å². The van der Waals surface area contributed by atoms with Crippen LogP contribution in [0.4, 0.5) is 10.5 Å². The Labute approximate surface area is 187 Å². The van der Waals surface area contributed by atoms with Crippen LogP contribution in [0.2, 0.25) is 0 Å². The summed E-state index contributed by atoms with van der Waals surface area (Å²) >= 11 is 0.855. The molecule has 1 saturated heterocycles. The highest BCUT2D eigenvalue weighted by atomic mass is 32.2. The van der Waals surface area contributed by atoms with E-state index < -0.39 is 16.8 Å². The van der Waals surface area contributed by atoms with E-state index in [2.05, 4.69) is 5.32 Å². The Morgan fingerprint density at radius 1 is 1.03 bits per heavy atom. The molecule has 1 fully saturated rings. The number of thioether (sulfide) groups is 1. The van der Waals surface area contributed by atoms with Crippen molar-refractivity contribution in [1.82, 2.24) is 4.90 Å². The maximum atomic E-state index is 12.5. The molecule has 2 aromatic carbocycles. The van der Waals surface area contributed by atoms with Crippen LogP contribution in [-0.4, -0.2) is 28.5 Å². The lowest BCUT2D eigenvalue weighted by molar-refractivity contribution is -0.123. The summed E-state index contributed by atoms with van der Waals surface area (Å²) in [4.78, 5) is 49.7. The van der Waals surface area contributed by atoms with E-state index in [1.807, 2.05) is 36.4 Å². The van der Waals surface area contributed by atoms with Gasteiger partial charge >= 0.3 is 5.63 Å². The largest absolute Gasteiger partial charge is 0.423 e. The maximum Gasteiger partial charge on any atom is 0.336 e. The molecule has 1 aromatic heterocycles. The number of hydrogen-bond donors (Lipinski definition) is 1. The Bertz CT molecular complexity index is 1310. The molecule has 2 heterocycles. The third kappa shape index (κ3) is 5.04. The normalized spacial score (nSPS) is 15.2. The highest BCUT2D eigenvalue weighted by molar-refractivity contribution is 8.18. The van der Waals surface area contributed by atoms with E-state index in [0.29, 0.717) is 21.6 Å². The Kier molecular flexibility index (Phi) is 6.32. The molecule has 0 saturated carbocycles. The summed E-state index contributed by atoms with van der Waals surface area (Å²) in [5.74, 6) is -0.750. The van der Waals surface area contributed by atoms with E-state index in [-0.39, 0.29) is 18.9 Å². The molecule has 0 unspecified atom stereocenters. The molecular weight excluding hydrogens is 428 g/mol. The summed E-state index contributed by atoms with van der Waals surface area (Å²) in [5.41, 5.74) is 1.48. The number of imide groups is 1. The van der Waals surface area contributed by atoms with E-state index in [9.17, 15) is 19.2 Å². The van der Waals surface area contributed by atoms with Gasteiger partial charge in [0.25, 0.3) is 11.1 Å². The van der Waals surface area contributed by atoms with Gasteiger partial charge in [-0.25, -0.2) is 4.79 Å². The van der Waals surface area contributed by atoms with Crippen molar-refractivity contribution in [3.63, 3.8) is 0 Å². The average molecular weight is 446 g/mol. The van der Waals surface area contributed by atoms with Gasteiger partial charge in [0.2, 0.25) is 5.91 Å². The number of anilines is 1. The minimum atomic E-state index is -0.448. The monoisotopic (exact) mass is 446 g/mol. The second kappa shape index (κ2) is 9.49. The van der Waals surface area contributed by atoms with Gasteiger partial charge in [0.05, 0.1) is 4.91 Å². The van der Waals surface area contributed by atoms with Gasteiger partial charge in [-0.15, -0.1) is 0 Å². The second-order valence-electron chi connectivity index (χ2n) is 6.93. The number of amides is 3. The molecule has 0 aliphatic carbocycles. The lowest BCUT2D eigenvalue weighted by atomic mass is 10.2. The molecule has 160 valence electrons. The zero-order chi connectivity index (χ0) is 22.5. The van der Waals surface area contributed by atoms with E-state index in [0.717, 1.165) is 22.2 Å². The van der Waals surface area contributed by atoms with Crippen molar-refractivity contribution in [3.05, 3.63) is 93.7 Å². The minimum Gasteiger partial charge on any atom is -0.423 e. The highest BCUT2D eigenvalue weighted by Gasteiger charge is 2.34. The third-order valence-electron chi connectivity index (χ3n) is 4.67. The van der Waals surface area contributed by atoms with Crippen LogP contribution < -0.4 is 10.9 Å². The minimum absolute atomic E-state index is 0.0152. The SMILES string of the molecule is O=C(CCN1C(=O)SC(=CC=Cc2ccccc2)C1=O)Nc1ccc2oc(=O)ccc2c1. The first-order valence-corrected chi connectivity index (χ1v) is 10.6. The number of hydrogen-bond acceptors (Lipinski definition) is 6. The van der Waals surface area contributed by atoms with Gasteiger partial charge in [0, 0.05) is 30.1 Å². The van der Waals surface area contributed by atoms with Crippen molar-refractivity contribution in [1.29, 1.82) is 0 Å². The fourth-order valence-electron chi connectivity index (χ4n) is 3.10. The van der Waals surface area contributed by atoms with Crippen LogP contribution in [0.15, 0.2) is 86.9 Å². The smallest absolute Gasteiger partial charge is 0.336 e. The number of nitrogens with one attached hydrogen (secondary N) is 1. The fraction of sp³-hybridized carbons (Fsp3) is 0.0833. The maximum absolute atomic E-state index is 12.5. The number of allylic oxidation sites excluding steroid dienone is 2. The van der Waals surface area contributed by atoms with Crippen molar-refractivity contribution in [2.24, 2.45) is 0 Å². The molecule has 0 radical (unpaired) electrons. The van der Waals surface area contributed by atoms with Crippen molar-refractivity contribution in [2.45, 2.75) is 6.42 Å². The van der Waals surface area contributed by atoms with Crippen LogP contribution >= 0.6 is 11.8 Å². The molecule has 1 aliphatic heterocycles. The van der Waals surface area contributed by atoms with Gasteiger partial charge in [0.1, 0.15) is 5.58 Å². The van der Waals surface area contributed by atoms with E-state index >= 15 is 0 Å². The Hall–Kier alpha value is -3.91. The lowest BCUT2D eigenvalue weighted by Crippen LogP contribution is -2.31. The number of carbonyl (C=O) groups excluding carboxylic acids is 3. The van der Waals surface area contributed by atoms with E-state index in [1.165, 1.54) is 6.07 Å². The van der Waals surface area contributed by atoms with E-state index in [4.69, 9.17) is 4.42 Å². The van der Waals surface area contributed by atoms with Crippen LogP contribution in [0.25, 0.3) is 17.0 Å². The van der Waals surface area contributed by atoms with Gasteiger partial charge < -0.3 is 9.73 Å². The van der Waals surface area contributed by atoms with Gasteiger partial charge in [-0.1, -0.05) is 42.5 Å². The molecule has 8 heteroatoms. The molecule has 0 spiro atoms. The predicted molar refractivity (Wildman–Crippen MR) is 124 cm³/mol. The first-order valence-electron chi connectivity index (χ1n) is 9.80. The van der Waals surface area contributed by atoms with Crippen LogP contribution in [-0.2, 0) is 9.59 Å². The Morgan fingerprint density at radius 2 is 1.84 bits per heavy atom. The lowest BCUT2D eigenvalue weighted by Gasteiger charge is -2.12. The summed E-state index contributed by atoms with van der Waals surface area (Å²) < 4.78 is 5.06. The zero-order valence-corrected chi connectivity index (χ0v) is 17.6. The molecule has 3 amide bonds. The number of carbonyl (C=O) groups is 3. The molecule has 1 aliphatic rings. The molecule has 3 aromatic rings. The molecule has 4 rings (SSSR count). The number of fused-ring (bicyclic) bond motifs is 1. The standard InChI is InChI=1S/C24H18N2O5S/c27-21(25-18-10-11-19-17(15-18)9-12-22(28)31-19)13-14-26-23(29)20(32-24(26)30)8-4-7-16-5-2-1-3-6-16/h1-12,15H,13-14H2,(H,25,27). The number of rotatable bonds is 6. The molecule has 0 atom stereocenters.